The molecule has 5 heteroatoms. The number of rotatable bonds is 7. The third kappa shape index (κ3) is 6.45. The molecule has 0 radical (unpaired) electrons. The van der Waals surface area contributed by atoms with Gasteiger partial charge in [0.25, 0.3) is 0 Å². The molecule has 0 amide bonds. The molecule has 0 fully saturated rings. The van der Waals surface area contributed by atoms with Crippen molar-refractivity contribution in [2.24, 2.45) is 0 Å². The van der Waals surface area contributed by atoms with Crippen molar-refractivity contribution in [3.63, 3.8) is 0 Å². The molecule has 1 aliphatic rings. The number of nitrogens with zero attached hydrogens (tertiary/aromatic N) is 3. The number of hydrogen-bond acceptors (Lipinski definition) is 5. The lowest BCUT2D eigenvalue weighted by Gasteiger charge is -2.14. The van der Waals surface area contributed by atoms with Gasteiger partial charge in [0.1, 0.15) is 5.75 Å². The maximum Gasteiger partial charge on any atom is 0.196 e. The minimum Gasteiger partial charge on any atom is -0.464 e. The molecule has 1 N–H and O–H groups in total. The molecule has 0 bridgehead atoms. The molecule has 0 saturated carbocycles. The normalized spacial score (nSPS) is 13.2. The zero-order valence-electron chi connectivity index (χ0n) is 32.0. The van der Waals surface area contributed by atoms with Crippen molar-refractivity contribution >= 4 is 27.4 Å². The SMILES string of the molecule is c1ccc(-c2cc(-c3ccc(-c4ccc(-c5ccc6nc(-c7ccccc7)c7ccc8c(c7c6c5)NC(c5ccccc5)O8)cc4)cc3)nc(-c3ccccc3)n2)cc1. The van der Waals surface area contributed by atoms with Crippen molar-refractivity contribution in [3.8, 4) is 73.2 Å². The van der Waals surface area contributed by atoms with E-state index in [9.17, 15) is 0 Å². The van der Waals surface area contributed by atoms with Gasteiger partial charge in [-0.2, -0.15) is 0 Å². The van der Waals surface area contributed by atoms with Crippen molar-refractivity contribution in [1.82, 2.24) is 15.0 Å². The standard InChI is InChI=1S/C54H36N4O/c1-5-13-38(14-6-1)47-34-48(57-53(56-47)41-17-9-3-10-18-41)39-27-25-36(26-28-39)35-21-23-37(24-22-35)43-29-31-46-45(33-43)50-44(51(55-46)40-15-7-2-8-16-40)30-32-49-52(50)58-54(59-49)42-19-11-4-12-20-42/h1-34,54,58H. The molecule has 59 heavy (non-hydrogen) atoms. The fraction of sp³-hybridized carbons (Fsp3) is 0.0185. The molecule has 278 valence electrons. The van der Waals surface area contributed by atoms with Crippen LogP contribution in [0.2, 0.25) is 0 Å². The van der Waals surface area contributed by atoms with Crippen LogP contribution in [0.25, 0.3) is 89.1 Å². The number of benzene rings is 8. The zero-order chi connectivity index (χ0) is 39.1. The third-order valence-corrected chi connectivity index (χ3v) is 11.2. The predicted octanol–water partition coefficient (Wildman–Crippen LogP) is 13.7. The summed E-state index contributed by atoms with van der Waals surface area (Å²) in [6, 6.07) is 71.5. The van der Waals surface area contributed by atoms with Crippen LogP contribution in [-0.2, 0) is 0 Å². The Balaban J connectivity index is 0.938. The Morgan fingerprint density at radius 3 is 1.53 bits per heavy atom. The Bertz CT molecular complexity index is 3060. The van der Waals surface area contributed by atoms with Crippen molar-refractivity contribution in [2.75, 3.05) is 5.32 Å². The molecule has 1 atom stereocenters. The van der Waals surface area contributed by atoms with Gasteiger partial charge in [-0.05, 0) is 52.6 Å². The number of pyridine rings is 1. The lowest BCUT2D eigenvalue weighted by atomic mass is 9.95. The third-order valence-electron chi connectivity index (χ3n) is 11.2. The monoisotopic (exact) mass is 756 g/mol. The van der Waals surface area contributed by atoms with E-state index >= 15 is 0 Å². The Kier molecular flexibility index (Phi) is 8.48. The lowest BCUT2D eigenvalue weighted by Crippen LogP contribution is -2.09. The highest BCUT2D eigenvalue weighted by Gasteiger charge is 2.27. The molecule has 8 aromatic carbocycles. The first kappa shape index (κ1) is 34.4. The van der Waals surface area contributed by atoms with Gasteiger partial charge in [0.2, 0.25) is 0 Å². The summed E-state index contributed by atoms with van der Waals surface area (Å²) >= 11 is 0. The Labute approximate surface area is 342 Å². The fourth-order valence-corrected chi connectivity index (χ4v) is 8.14. The van der Waals surface area contributed by atoms with Gasteiger partial charge >= 0.3 is 0 Å². The number of fused-ring (bicyclic) bond motifs is 5. The fourth-order valence-electron chi connectivity index (χ4n) is 8.14. The number of hydrogen-bond donors (Lipinski definition) is 1. The van der Waals surface area contributed by atoms with Gasteiger partial charge in [-0.3, -0.25) is 0 Å². The highest BCUT2D eigenvalue weighted by molar-refractivity contribution is 6.18. The average molecular weight is 757 g/mol. The first-order chi connectivity index (χ1) is 29.2. The number of nitrogens with one attached hydrogen (secondary N) is 1. The van der Waals surface area contributed by atoms with Crippen LogP contribution in [0.1, 0.15) is 11.8 Å². The van der Waals surface area contributed by atoms with Crippen molar-refractivity contribution in [2.45, 2.75) is 6.23 Å². The van der Waals surface area contributed by atoms with Crippen LogP contribution in [0.4, 0.5) is 5.69 Å². The van der Waals surface area contributed by atoms with Gasteiger partial charge in [-0.1, -0.05) is 176 Å². The maximum atomic E-state index is 6.51. The van der Waals surface area contributed by atoms with Crippen LogP contribution in [0.5, 0.6) is 5.75 Å². The van der Waals surface area contributed by atoms with Crippen molar-refractivity contribution < 1.29 is 4.74 Å². The minimum absolute atomic E-state index is 0.274. The second-order valence-electron chi connectivity index (χ2n) is 14.8. The first-order valence-corrected chi connectivity index (χ1v) is 19.9. The number of aromatic nitrogens is 3. The van der Waals surface area contributed by atoms with E-state index in [-0.39, 0.29) is 6.23 Å². The molecule has 2 aromatic heterocycles. The second-order valence-corrected chi connectivity index (χ2v) is 14.8. The van der Waals surface area contributed by atoms with E-state index in [0.29, 0.717) is 5.82 Å². The van der Waals surface area contributed by atoms with Crippen LogP contribution in [0.15, 0.2) is 206 Å². The molecule has 0 aliphatic carbocycles. The van der Waals surface area contributed by atoms with Crippen LogP contribution in [0.3, 0.4) is 0 Å². The van der Waals surface area contributed by atoms with Gasteiger partial charge in [-0.15, -0.1) is 0 Å². The van der Waals surface area contributed by atoms with E-state index in [0.717, 1.165) is 100 Å². The molecular weight excluding hydrogens is 721 g/mol. The summed E-state index contributed by atoms with van der Waals surface area (Å²) in [6.07, 6.45) is -0.274. The summed E-state index contributed by atoms with van der Waals surface area (Å²) in [6.45, 7) is 0. The summed E-state index contributed by atoms with van der Waals surface area (Å²) in [7, 11) is 0. The second kappa shape index (κ2) is 14.6. The quantitative estimate of drug-likeness (QED) is 0.164. The molecule has 0 spiro atoms. The molecule has 5 nitrogen and oxygen atoms in total. The van der Waals surface area contributed by atoms with E-state index < -0.39 is 0 Å². The summed E-state index contributed by atoms with van der Waals surface area (Å²) in [5.74, 6) is 1.55. The molecule has 3 heterocycles. The number of ether oxygens (including phenoxy) is 1. The highest BCUT2D eigenvalue weighted by Crippen LogP contribution is 2.47. The van der Waals surface area contributed by atoms with Gasteiger partial charge in [0, 0.05) is 44.0 Å². The number of anilines is 1. The Morgan fingerprint density at radius 1 is 0.390 bits per heavy atom. The van der Waals surface area contributed by atoms with E-state index in [4.69, 9.17) is 19.7 Å². The predicted molar refractivity (Wildman–Crippen MR) is 241 cm³/mol. The average Bonchev–Trinajstić information content (AvgIpc) is 3.77. The van der Waals surface area contributed by atoms with Gasteiger partial charge in [0.15, 0.2) is 12.1 Å². The molecular formula is C54H36N4O. The lowest BCUT2D eigenvalue weighted by molar-refractivity contribution is 0.260. The maximum absolute atomic E-state index is 6.51. The van der Waals surface area contributed by atoms with Crippen LogP contribution < -0.4 is 10.1 Å². The molecule has 0 saturated heterocycles. The molecule has 11 rings (SSSR count). The Hall–Kier alpha value is -7.89. The molecule has 10 aromatic rings. The summed E-state index contributed by atoms with van der Waals surface area (Å²) in [5.41, 5.74) is 14.4. The smallest absolute Gasteiger partial charge is 0.196 e. The van der Waals surface area contributed by atoms with Gasteiger partial charge in [-0.25, -0.2) is 15.0 Å². The van der Waals surface area contributed by atoms with E-state index in [1.807, 2.05) is 60.7 Å². The van der Waals surface area contributed by atoms with Crippen molar-refractivity contribution in [3.05, 3.63) is 212 Å². The topological polar surface area (TPSA) is 59.9 Å². The van der Waals surface area contributed by atoms with Crippen LogP contribution >= 0.6 is 0 Å². The van der Waals surface area contributed by atoms with E-state index in [1.54, 1.807) is 0 Å². The summed E-state index contributed by atoms with van der Waals surface area (Å²) in [5, 5.41) is 7.00. The first-order valence-electron chi connectivity index (χ1n) is 19.9. The van der Waals surface area contributed by atoms with Crippen LogP contribution in [-0.4, -0.2) is 15.0 Å². The largest absolute Gasteiger partial charge is 0.464 e. The van der Waals surface area contributed by atoms with E-state index in [2.05, 4.69) is 151 Å². The summed E-state index contributed by atoms with van der Waals surface area (Å²) in [4.78, 5) is 15.2. The summed E-state index contributed by atoms with van der Waals surface area (Å²) < 4.78 is 6.51. The van der Waals surface area contributed by atoms with Gasteiger partial charge in [0.05, 0.1) is 28.3 Å². The molecule has 1 unspecified atom stereocenters. The van der Waals surface area contributed by atoms with Crippen molar-refractivity contribution in [1.29, 1.82) is 0 Å². The minimum atomic E-state index is -0.274. The van der Waals surface area contributed by atoms with Crippen LogP contribution in [0, 0.1) is 0 Å². The molecule has 1 aliphatic heterocycles. The Morgan fingerprint density at radius 2 is 0.898 bits per heavy atom. The zero-order valence-corrected chi connectivity index (χ0v) is 32.0. The van der Waals surface area contributed by atoms with Gasteiger partial charge < -0.3 is 10.1 Å². The highest BCUT2D eigenvalue weighted by atomic mass is 16.5. The van der Waals surface area contributed by atoms with E-state index in [1.165, 1.54) is 0 Å².